The van der Waals surface area contributed by atoms with Crippen molar-refractivity contribution in [3.63, 3.8) is 0 Å². The number of halogens is 1. The minimum absolute atomic E-state index is 0.262. The van der Waals surface area contributed by atoms with Gasteiger partial charge in [-0.05, 0) is 24.1 Å². The predicted molar refractivity (Wildman–Crippen MR) is 79.7 cm³/mol. The van der Waals surface area contributed by atoms with Crippen LogP contribution in [0.5, 0.6) is 5.75 Å². The molecule has 0 radical (unpaired) electrons. The summed E-state index contributed by atoms with van der Waals surface area (Å²) in [5.41, 5.74) is 1.07. The van der Waals surface area contributed by atoms with Crippen molar-refractivity contribution in [2.75, 3.05) is 33.3 Å². The number of hydrogen-bond acceptors (Lipinski definition) is 3. The summed E-state index contributed by atoms with van der Waals surface area (Å²) in [6.45, 7) is 6.29. The van der Waals surface area contributed by atoms with E-state index in [4.69, 9.17) is 4.74 Å². The molecular formula is C16H25FN2O. The van der Waals surface area contributed by atoms with Gasteiger partial charge in [0.25, 0.3) is 0 Å². The molecule has 0 spiro atoms. The molecule has 3 nitrogen and oxygen atoms in total. The van der Waals surface area contributed by atoms with E-state index in [1.54, 1.807) is 12.1 Å². The number of benzene rings is 1. The second kappa shape index (κ2) is 7.60. The minimum atomic E-state index is -0.262. The molecule has 1 aliphatic heterocycles. The van der Waals surface area contributed by atoms with Crippen molar-refractivity contribution in [3.8, 4) is 5.75 Å². The van der Waals surface area contributed by atoms with Crippen molar-refractivity contribution in [2.24, 2.45) is 0 Å². The SMILES string of the molecule is CCCCC(c1ccc(OC)c(F)c1)N1CCNCC1. The lowest BCUT2D eigenvalue weighted by Gasteiger charge is -2.35. The Morgan fingerprint density at radius 3 is 2.70 bits per heavy atom. The molecule has 1 aromatic carbocycles. The Morgan fingerprint density at radius 2 is 2.10 bits per heavy atom. The highest BCUT2D eigenvalue weighted by Gasteiger charge is 2.22. The van der Waals surface area contributed by atoms with Crippen LogP contribution in [-0.4, -0.2) is 38.2 Å². The van der Waals surface area contributed by atoms with Crippen LogP contribution in [0.3, 0.4) is 0 Å². The van der Waals surface area contributed by atoms with Crippen LogP contribution in [-0.2, 0) is 0 Å². The molecule has 4 heteroatoms. The zero-order valence-corrected chi connectivity index (χ0v) is 12.5. The Labute approximate surface area is 121 Å². The quantitative estimate of drug-likeness (QED) is 0.867. The second-order valence-electron chi connectivity index (χ2n) is 5.34. The summed E-state index contributed by atoms with van der Waals surface area (Å²) in [7, 11) is 1.50. The Hall–Kier alpha value is -1.13. The van der Waals surface area contributed by atoms with Gasteiger partial charge < -0.3 is 10.1 Å². The molecule has 1 aromatic rings. The van der Waals surface area contributed by atoms with Gasteiger partial charge in [0.15, 0.2) is 11.6 Å². The maximum absolute atomic E-state index is 13.9. The summed E-state index contributed by atoms with van der Waals surface area (Å²) >= 11 is 0. The van der Waals surface area contributed by atoms with Crippen LogP contribution in [0.4, 0.5) is 4.39 Å². The fourth-order valence-corrected chi connectivity index (χ4v) is 2.84. The summed E-state index contributed by atoms with van der Waals surface area (Å²) in [5.74, 6) is 0.0601. The molecule has 1 saturated heterocycles. The molecule has 0 amide bonds. The van der Waals surface area contributed by atoms with Gasteiger partial charge in [-0.15, -0.1) is 0 Å². The van der Waals surface area contributed by atoms with E-state index in [-0.39, 0.29) is 5.82 Å². The summed E-state index contributed by atoms with van der Waals surface area (Å²) < 4.78 is 19.0. The number of hydrogen-bond donors (Lipinski definition) is 1. The van der Waals surface area contributed by atoms with Crippen molar-refractivity contribution >= 4 is 0 Å². The highest BCUT2D eigenvalue weighted by Crippen LogP contribution is 2.29. The third-order valence-electron chi connectivity index (χ3n) is 3.98. The number of rotatable bonds is 6. The van der Waals surface area contributed by atoms with Gasteiger partial charge in [0, 0.05) is 32.2 Å². The van der Waals surface area contributed by atoms with E-state index in [1.807, 2.05) is 6.07 Å². The fraction of sp³-hybridized carbons (Fsp3) is 0.625. The van der Waals surface area contributed by atoms with Crippen molar-refractivity contribution in [1.29, 1.82) is 0 Å². The molecule has 0 bridgehead atoms. The van der Waals surface area contributed by atoms with E-state index in [1.165, 1.54) is 20.0 Å². The molecule has 0 saturated carbocycles. The van der Waals surface area contributed by atoms with Crippen molar-refractivity contribution in [2.45, 2.75) is 32.2 Å². The lowest BCUT2D eigenvalue weighted by molar-refractivity contribution is 0.163. The van der Waals surface area contributed by atoms with Gasteiger partial charge in [-0.25, -0.2) is 4.39 Å². The zero-order chi connectivity index (χ0) is 14.4. The van der Waals surface area contributed by atoms with E-state index in [2.05, 4.69) is 17.1 Å². The zero-order valence-electron chi connectivity index (χ0n) is 12.5. The van der Waals surface area contributed by atoms with E-state index < -0.39 is 0 Å². The highest BCUT2D eigenvalue weighted by molar-refractivity contribution is 5.31. The molecule has 112 valence electrons. The number of unbranched alkanes of at least 4 members (excludes halogenated alkanes) is 1. The fourth-order valence-electron chi connectivity index (χ4n) is 2.84. The Bertz CT molecular complexity index is 419. The average Bonchev–Trinajstić information content (AvgIpc) is 2.49. The van der Waals surface area contributed by atoms with Crippen molar-refractivity contribution < 1.29 is 9.13 Å². The molecule has 1 N–H and O–H groups in total. The van der Waals surface area contributed by atoms with Gasteiger partial charge in [-0.2, -0.15) is 0 Å². The molecule has 1 fully saturated rings. The number of nitrogens with zero attached hydrogens (tertiary/aromatic N) is 1. The molecule has 1 aliphatic rings. The van der Waals surface area contributed by atoms with Crippen LogP contribution in [0, 0.1) is 5.82 Å². The number of ether oxygens (including phenoxy) is 1. The topological polar surface area (TPSA) is 24.5 Å². The first-order valence-electron chi connectivity index (χ1n) is 7.54. The first kappa shape index (κ1) is 15.3. The summed E-state index contributed by atoms with van der Waals surface area (Å²) in [6, 6.07) is 5.70. The first-order chi connectivity index (χ1) is 9.76. The van der Waals surface area contributed by atoms with Crippen LogP contribution in [0.1, 0.15) is 37.8 Å². The largest absolute Gasteiger partial charge is 0.494 e. The van der Waals surface area contributed by atoms with Crippen LogP contribution >= 0.6 is 0 Å². The number of piperazine rings is 1. The Balaban J connectivity index is 2.18. The van der Waals surface area contributed by atoms with Crippen LogP contribution < -0.4 is 10.1 Å². The van der Waals surface area contributed by atoms with Gasteiger partial charge in [-0.3, -0.25) is 4.90 Å². The van der Waals surface area contributed by atoms with Crippen LogP contribution in [0.25, 0.3) is 0 Å². The molecule has 1 heterocycles. The normalized spacial score (nSPS) is 17.9. The van der Waals surface area contributed by atoms with Gasteiger partial charge in [0.05, 0.1) is 7.11 Å². The lowest BCUT2D eigenvalue weighted by Crippen LogP contribution is -2.45. The average molecular weight is 280 g/mol. The summed E-state index contributed by atoms with van der Waals surface area (Å²) in [5, 5.41) is 3.37. The molecule has 2 rings (SSSR count). The Morgan fingerprint density at radius 1 is 1.35 bits per heavy atom. The van der Waals surface area contributed by atoms with Gasteiger partial charge in [-0.1, -0.05) is 25.8 Å². The minimum Gasteiger partial charge on any atom is -0.494 e. The van der Waals surface area contributed by atoms with E-state index >= 15 is 0 Å². The van der Waals surface area contributed by atoms with Gasteiger partial charge in [0.1, 0.15) is 0 Å². The number of nitrogens with one attached hydrogen (secondary N) is 1. The summed E-state index contributed by atoms with van der Waals surface area (Å²) in [4.78, 5) is 2.47. The summed E-state index contributed by atoms with van der Waals surface area (Å²) in [6.07, 6.45) is 3.42. The third kappa shape index (κ3) is 3.70. The van der Waals surface area contributed by atoms with Gasteiger partial charge in [0.2, 0.25) is 0 Å². The molecule has 0 aliphatic carbocycles. The Kier molecular flexibility index (Phi) is 5.80. The van der Waals surface area contributed by atoms with Crippen molar-refractivity contribution in [1.82, 2.24) is 10.2 Å². The predicted octanol–water partition coefficient (Wildman–Crippen LogP) is 2.97. The van der Waals surface area contributed by atoms with E-state index in [9.17, 15) is 4.39 Å². The van der Waals surface area contributed by atoms with Crippen molar-refractivity contribution in [3.05, 3.63) is 29.6 Å². The molecule has 20 heavy (non-hydrogen) atoms. The second-order valence-corrected chi connectivity index (χ2v) is 5.34. The molecule has 1 atom stereocenters. The maximum Gasteiger partial charge on any atom is 0.165 e. The molecular weight excluding hydrogens is 255 g/mol. The first-order valence-corrected chi connectivity index (χ1v) is 7.54. The van der Waals surface area contributed by atoms with Crippen LogP contribution in [0.15, 0.2) is 18.2 Å². The van der Waals surface area contributed by atoms with Gasteiger partial charge >= 0.3 is 0 Å². The molecule has 0 aromatic heterocycles. The molecule has 1 unspecified atom stereocenters. The lowest BCUT2D eigenvalue weighted by atomic mass is 9.98. The highest BCUT2D eigenvalue weighted by atomic mass is 19.1. The van der Waals surface area contributed by atoms with E-state index in [0.29, 0.717) is 11.8 Å². The number of methoxy groups -OCH3 is 1. The van der Waals surface area contributed by atoms with E-state index in [0.717, 1.165) is 38.2 Å². The maximum atomic E-state index is 13.9. The smallest absolute Gasteiger partial charge is 0.165 e. The third-order valence-corrected chi connectivity index (χ3v) is 3.98. The monoisotopic (exact) mass is 280 g/mol. The standard InChI is InChI=1S/C16H25FN2O/c1-3-4-5-15(19-10-8-18-9-11-19)13-6-7-16(20-2)14(17)12-13/h6-7,12,15,18H,3-5,8-11H2,1-2H3. The van der Waals surface area contributed by atoms with Crippen LogP contribution in [0.2, 0.25) is 0 Å².